The second-order valence-corrected chi connectivity index (χ2v) is 18.3. The SMILES string of the molecule is COCC[C@@H]1N=C(c2ccc(C#CC3CC4(C3)CN(c3ccc(C(=O)NC5CCC(Oc6ccc(C#N)c(OC(F)(F)F)c6)CC5)nn3)C4)cc2)c2c(sc(C)c2C)-n2c(C)nnc21. The topological polar surface area (TPSA) is 153 Å². The average Bonchev–Trinajstić information content (AvgIpc) is 3.72. The first-order valence-electron chi connectivity index (χ1n) is 21.4. The van der Waals surface area contributed by atoms with Gasteiger partial charge in [0, 0.05) is 78.2 Å². The van der Waals surface area contributed by atoms with E-state index in [4.69, 9.17) is 19.7 Å². The lowest BCUT2D eigenvalue weighted by Crippen LogP contribution is -2.62. The first kappa shape index (κ1) is 43.0. The molecule has 0 unspecified atom stereocenters. The van der Waals surface area contributed by atoms with Crippen LogP contribution in [0.5, 0.6) is 11.5 Å². The summed E-state index contributed by atoms with van der Waals surface area (Å²) in [6.07, 6.45) is -0.0394. The fourth-order valence-corrected chi connectivity index (χ4v) is 10.5. The number of fused-ring (bicyclic) bond motifs is 3. The van der Waals surface area contributed by atoms with E-state index in [1.54, 1.807) is 30.6 Å². The summed E-state index contributed by atoms with van der Waals surface area (Å²) in [5, 5.41) is 30.9. The van der Waals surface area contributed by atoms with Crippen LogP contribution >= 0.6 is 11.3 Å². The Morgan fingerprint density at radius 3 is 2.44 bits per heavy atom. The molecule has 2 aliphatic carbocycles. The van der Waals surface area contributed by atoms with Crippen LogP contribution < -0.4 is 19.7 Å². The number of amides is 1. The van der Waals surface area contributed by atoms with E-state index in [9.17, 15) is 18.0 Å². The van der Waals surface area contributed by atoms with Gasteiger partial charge >= 0.3 is 6.36 Å². The van der Waals surface area contributed by atoms with E-state index < -0.39 is 12.1 Å². The van der Waals surface area contributed by atoms with Gasteiger partial charge < -0.3 is 24.4 Å². The molecule has 4 aliphatic rings. The van der Waals surface area contributed by atoms with Crippen molar-refractivity contribution in [3.8, 4) is 34.4 Å². The monoisotopic (exact) mass is 889 g/mol. The van der Waals surface area contributed by atoms with E-state index >= 15 is 0 Å². The van der Waals surface area contributed by atoms with Crippen molar-refractivity contribution in [2.24, 2.45) is 16.3 Å². The van der Waals surface area contributed by atoms with E-state index in [2.05, 4.69) is 89.9 Å². The predicted octanol–water partition coefficient (Wildman–Crippen LogP) is 8.13. The van der Waals surface area contributed by atoms with E-state index in [0.717, 1.165) is 76.9 Å². The minimum Gasteiger partial charge on any atom is -0.490 e. The van der Waals surface area contributed by atoms with Gasteiger partial charge in [-0.05, 0) is 101 Å². The smallest absolute Gasteiger partial charge is 0.490 e. The Bertz CT molecular complexity index is 2690. The zero-order chi connectivity index (χ0) is 44.8. The molecule has 3 fully saturated rings. The van der Waals surface area contributed by atoms with Crippen molar-refractivity contribution < 1.29 is 32.2 Å². The molecule has 13 nitrogen and oxygen atoms in total. The quantitative estimate of drug-likeness (QED) is 0.136. The lowest BCUT2D eigenvalue weighted by atomic mass is 9.58. The van der Waals surface area contributed by atoms with Crippen molar-refractivity contribution in [1.29, 1.82) is 5.26 Å². The van der Waals surface area contributed by atoms with Gasteiger partial charge in [0.15, 0.2) is 23.1 Å². The highest BCUT2D eigenvalue weighted by Gasteiger charge is 2.52. The van der Waals surface area contributed by atoms with Crippen LogP contribution in [0.2, 0.25) is 0 Å². The molecule has 1 amide bonds. The van der Waals surface area contributed by atoms with Crippen LogP contribution in [0.1, 0.15) is 106 Å². The number of nitrogens with one attached hydrogen (secondary N) is 1. The Labute approximate surface area is 372 Å². The Morgan fingerprint density at radius 2 is 1.75 bits per heavy atom. The highest BCUT2D eigenvalue weighted by atomic mass is 32.1. The highest BCUT2D eigenvalue weighted by Crippen LogP contribution is 2.52. The average molecular weight is 890 g/mol. The zero-order valence-electron chi connectivity index (χ0n) is 35.8. The summed E-state index contributed by atoms with van der Waals surface area (Å²) in [6.45, 7) is 8.60. The first-order chi connectivity index (χ1) is 30.8. The Morgan fingerprint density at radius 1 is 0.984 bits per heavy atom. The largest absolute Gasteiger partial charge is 0.573 e. The van der Waals surface area contributed by atoms with E-state index in [0.29, 0.717) is 44.6 Å². The molecular formula is C47H46F3N9O4S. The summed E-state index contributed by atoms with van der Waals surface area (Å²) in [7, 11) is 1.70. The molecular weight excluding hydrogens is 844 g/mol. The number of nitrogens with zero attached hydrogens (tertiary/aromatic N) is 8. The van der Waals surface area contributed by atoms with Crippen LogP contribution in [0.4, 0.5) is 19.0 Å². The highest BCUT2D eigenvalue weighted by molar-refractivity contribution is 7.15. The van der Waals surface area contributed by atoms with Gasteiger partial charge in [0.1, 0.15) is 28.7 Å². The number of carbonyl (C=O) groups is 1. The lowest BCUT2D eigenvalue weighted by Gasteiger charge is -2.58. The number of thiophene rings is 1. The van der Waals surface area contributed by atoms with Gasteiger partial charge in [-0.1, -0.05) is 24.0 Å². The van der Waals surface area contributed by atoms with Crippen LogP contribution in [-0.4, -0.2) is 81.9 Å². The van der Waals surface area contributed by atoms with Crippen LogP contribution in [0.15, 0.2) is 59.6 Å². The molecule has 2 aliphatic heterocycles. The molecule has 1 spiro atoms. The maximum Gasteiger partial charge on any atom is 0.573 e. The molecule has 64 heavy (non-hydrogen) atoms. The third-order valence-electron chi connectivity index (χ3n) is 12.6. The normalized spacial score (nSPS) is 20.0. The van der Waals surface area contributed by atoms with Crippen molar-refractivity contribution in [3.05, 3.63) is 105 Å². The van der Waals surface area contributed by atoms with Gasteiger partial charge in [-0.25, -0.2) is 0 Å². The summed E-state index contributed by atoms with van der Waals surface area (Å²) in [5.74, 6) is 8.95. The molecule has 1 N–H and O–H groups in total. The molecule has 5 aromatic rings. The van der Waals surface area contributed by atoms with Gasteiger partial charge in [0.2, 0.25) is 0 Å². The molecule has 17 heteroatoms. The van der Waals surface area contributed by atoms with Gasteiger partial charge in [-0.2, -0.15) is 5.26 Å². The first-order valence-corrected chi connectivity index (χ1v) is 22.2. The van der Waals surface area contributed by atoms with E-state index in [-0.39, 0.29) is 46.5 Å². The van der Waals surface area contributed by atoms with Crippen molar-refractivity contribution >= 4 is 28.8 Å². The maximum atomic E-state index is 13.0. The number of carbonyl (C=O) groups excluding carboxylic acids is 1. The molecule has 2 aromatic carbocycles. The Hall–Kier alpha value is -6.30. The Balaban J connectivity index is 0.747. The summed E-state index contributed by atoms with van der Waals surface area (Å²) in [5.41, 5.74) is 5.51. The molecule has 2 saturated carbocycles. The predicted molar refractivity (Wildman–Crippen MR) is 233 cm³/mol. The van der Waals surface area contributed by atoms with Crippen molar-refractivity contribution in [3.63, 3.8) is 0 Å². The third-order valence-corrected chi connectivity index (χ3v) is 13.8. The van der Waals surface area contributed by atoms with Crippen molar-refractivity contribution in [2.75, 3.05) is 31.7 Å². The molecule has 3 aromatic heterocycles. The van der Waals surface area contributed by atoms with Gasteiger partial charge in [-0.3, -0.25) is 14.4 Å². The number of benzene rings is 2. The molecule has 0 bridgehead atoms. The van der Waals surface area contributed by atoms with Crippen molar-refractivity contribution in [2.45, 2.75) is 90.3 Å². The second-order valence-electron chi connectivity index (χ2n) is 17.1. The summed E-state index contributed by atoms with van der Waals surface area (Å²) >= 11 is 1.75. The minimum atomic E-state index is -4.93. The fourth-order valence-electron chi connectivity index (χ4n) is 9.25. The number of aromatic nitrogens is 5. The molecule has 330 valence electrons. The number of halogens is 3. The fraction of sp³-hybridized carbons (Fsp3) is 0.426. The van der Waals surface area contributed by atoms with E-state index in [1.807, 2.05) is 13.0 Å². The molecule has 0 radical (unpaired) electrons. The van der Waals surface area contributed by atoms with E-state index in [1.165, 1.54) is 22.6 Å². The number of rotatable bonds is 10. The molecule has 1 atom stereocenters. The second kappa shape index (κ2) is 17.3. The number of aryl methyl sites for hydroxylation is 2. The number of anilines is 1. The third kappa shape index (κ3) is 8.79. The standard InChI is InChI=1S/C47H46F3N9O4S/c1-27-28(2)64-45-41(27)42(53-37(19-20-61-4)43-57-54-29(3)59(43)45)32-9-7-30(8-10-32)5-6-31-22-46(23-31)25-58(26-46)40-18-17-38(55-56-40)44(60)52-34-12-15-35(16-13-34)62-36-14-11-33(24-51)39(21-36)63-47(48,49)50/h7-11,14,17-18,21,31,34-35,37H,12-13,15-16,19-20,22-23,25-26H2,1-4H3,(H,52,60)/t34?,35?,37-/m0/s1. The van der Waals surface area contributed by atoms with Gasteiger partial charge in [0.05, 0.1) is 17.4 Å². The molecule has 9 rings (SSSR count). The van der Waals surface area contributed by atoms with Crippen LogP contribution in [-0.2, 0) is 4.74 Å². The zero-order valence-corrected chi connectivity index (χ0v) is 36.6. The number of alkyl halides is 3. The van der Waals surface area contributed by atoms with Crippen molar-refractivity contribution in [1.82, 2.24) is 30.3 Å². The molecule has 5 heterocycles. The minimum absolute atomic E-state index is 0.109. The van der Waals surface area contributed by atoms with Crippen LogP contribution in [0.25, 0.3) is 5.00 Å². The summed E-state index contributed by atoms with van der Waals surface area (Å²) < 4.78 is 55.9. The number of aliphatic imine (C=N–C) groups is 1. The molecule has 1 saturated heterocycles. The lowest BCUT2D eigenvalue weighted by molar-refractivity contribution is -0.274. The summed E-state index contributed by atoms with van der Waals surface area (Å²) in [4.78, 5) is 21.8. The Kier molecular flexibility index (Phi) is 11.6. The number of ether oxygens (including phenoxy) is 3. The van der Waals surface area contributed by atoms with Crippen LogP contribution in [0, 0.1) is 55.3 Å². The van der Waals surface area contributed by atoms with Gasteiger partial charge in [-0.15, -0.1) is 44.9 Å². The summed E-state index contributed by atoms with van der Waals surface area (Å²) in [6, 6.07) is 17.1. The van der Waals surface area contributed by atoms with Gasteiger partial charge in [0.25, 0.3) is 5.91 Å². The number of methoxy groups -OCH3 is 1. The van der Waals surface area contributed by atoms with Crippen LogP contribution in [0.3, 0.4) is 0 Å². The maximum absolute atomic E-state index is 13.0. The number of nitriles is 1. The number of hydrogen-bond donors (Lipinski definition) is 1. The number of hydrogen-bond acceptors (Lipinski definition) is 12.